The van der Waals surface area contributed by atoms with E-state index in [0.29, 0.717) is 5.92 Å². The molecule has 106 valence electrons. The van der Waals surface area contributed by atoms with Crippen LogP contribution in [0.3, 0.4) is 0 Å². The van der Waals surface area contributed by atoms with Crippen molar-refractivity contribution in [2.45, 2.75) is 44.6 Å². The fraction of sp³-hybridized carbons (Fsp3) is 0.444. The molecule has 0 spiro atoms. The lowest BCUT2D eigenvalue weighted by Crippen LogP contribution is -2.33. The first kappa shape index (κ1) is 13.8. The smallest absolute Gasteiger partial charge is 0.0896 e. The maximum Gasteiger partial charge on any atom is 0.0896 e. The number of rotatable bonds is 2. The number of hydrogen-bond acceptors (Lipinski definition) is 1. The predicted molar refractivity (Wildman–Crippen MR) is 89.7 cm³/mol. The summed E-state index contributed by atoms with van der Waals surface area (Å²) in [5, 5.41) is 15.0. The van der Waals surface area contributed by atoms with Gasteiger partial charge in [-0.1, -0.05) is 54.8 Å². The molecule has 1 saturated carbocycles. The molecule has 2 heteroatoms. The number of aliphatic hydroxyl groups is 1. The Balaban J connectivity index is 1.97. The molecule has 0 bridgehead atoms. The molecule has 0 radical (unpaired) electrons. The summed E-state index contributed by atoms with van der Waals surface area (Å²) in [5.74, 6) is 0.409. The minimum absolute atomic E-state index is 0.409. The second-order valence-corrected chi connectivity index (χ2v) is 7.70. The summed E-state index contributed by atoms with van der Waals surface area (Å²) in [5.41, 5.74) is 0.395. The molecule has 1 aliphatic rings. The molecular weight excluding hydrogens is 260 g/mol. The van der Waals surface area contributed by atoms with Crippen LogP contribution in [0.1, 0.15) is 44.6 Å². The maximum atomic E-state index is 11.0. The fourth-order valence-electron chi connectivity index (χ4n) is 3.58. The molecule has 0 aliphatic heterocycles. The van der Waals surface area contributed by atoms with Crippen molar-refractivity contribution in [3.63, 3.8) is 0 Å². The van der Waals surface area contributed by atoms with Crippen molar-refractivity contribution in [1.82, 2.24) is 0 Å². The van der Waals surface area contributed by atoms with Gasteiger partial charge in [0.2, 0.25) is 0 Å². The van der Waals surface area contributed by atoms with Crippen molar-refractivity contribution in [1.29, 1.82) is 0 Å². The Morgan fingerprint density at radius 3 is 2.40 bits per heavy atom. The highest BCUT2D eigenvalue weighted by Gasteiger charge is 2.34. The highest BCUT2D eigenvalue weighted by atomic mass is 28.1. The van der Waals surface area contributed by atoms with Crippen LogP contribution in [0.4, 0.5) is 0 Å². The van der Waals surface area contributed by atoms with Crippen molar-refractivity contribution in [3.8, 4) is 0 Å². The lowest BCUT2D eigenvalue weighted by atomic mass is 9.74. The minimum Gasteiger partial charge on any atom is -0.385 e. The van der Waals surface area contributed by atoms with Gasteiger partial charge in [-0.2, -0.15) is 0 Å². The van der Waals surface area contributed by atoms with Crippen LogP contribution >= 0.6 is 0 Å². The second kappa shape index (κ2) is 5.34. The van der Waals surface area contributed by atoms with Crippen LogP contribution in [-0.4, -0.2) is 15.3 Å². The monoisotopic (exact) mass is 284 g/mol. The van der Waals surface area contributed by atoms with E-state index in [1.54, 1.807) is 0 Å². The Kier molecular flexibility index (Phi) is 3.70. The highest BCUT2D eigenvalue weighted by molar-refractivity contribution is 6.33. The van der Waals surface area contributed by atoms with Gasteiger partial charge in [-0.15, -0.1) is 0 Å². The molecule has 2 aromatic rings. The maximum absolute atomic E-state index is 11.0. The van der Waals surface area contributed by atoms with E-state index in [2.05, 4.69) is 36.4 Å². The molecule has 1 fully saturated rings. The zero-order valence-corrected chi connectivity index (χ0v) is 14.5. The van der Waals surface area contributed by atoms with Crippen LogP contribution in [0.2, 0.25) is 0 Å². The van der Waals surface area contributed by atoms with Crippen LogP contribution in [0, 0.1) is 5.92 Å². The van der Waals surface area contributed by atoms with E-state index in [4.69, 9.17) is 0 Å². The Morgan fingerprint density at radius 2 is 1.65 bits per heavy atom. The largest absolute Gasteiger partial charge is 0.385 e. The third-order valence-corrected chi connectivity index (χ3v) is 5.60. The first-order valence-corrected chi connectivity index (χ1v) is 8.80. The van der Waals surface area contributed by atoms with Crippen molar-refractivity contribution in [2.24, 2.45) is 5.92 Å². The topological polar surface area (TPSA) is 20.2 Å². The Bertz CT molecular complexity index is 612. The van der Waals surface area contributed by atoms with E-state index in [1.807, 2.05) is 6.92 Å². The molecule has 1 atom stereocenters. The average Bonchev–Trinajstić information content (AvgIpc) is 2.47. The third kappa shape index (κ3) is 2.55. The van der Waals surface area contributed by atoms with Crippen molar-refractivity contribution < 1.29 is 5.11 Å². The van der Waals surface area contributed by atoms with Gasteiger partial charge < -0.3 is 5.11 Å². The van der Waals surface area contributed by atoms with Crippen LogP contribution in [0.5, 0.6) is 0 Å². The Hall–Kier alpha value is -1.12. The molecule has 1 aliphatic carbocycles. The highest BCUT2D eigenvalue weighted by Crippen LogP contribution is 2.39. The number of fused-ring (bicyclic) bond motifs is 1. The average molecular weight is 284 g/mol. The molecule has 1 N–H and O–H groups in total. The van der Waals surface area contributed by atoms with E-state index >= 15 is 0 Å². The van der Waals surface area contributed by atoms with E-state index < -0.39 is 5.60 Å². The lowest BCUT2D eigenvalue weighted by molar-refractivity contribution is -0.0214. The van der Waals surface area contributed by atoms with Gasteiger partial charge in [-0.25, -0.2) is 0 Å². The van der Waals surface area contributed by atoms with Crippen molar-refractivity contribution in [3.05, 3.63) is 42.0 Å². The summed E-state index contributed by atoms with van der Waals surface area (Å²) < 4.78 is 0. The van der Waals surface area contributed by atoms with Gasteiger partial charge in [0.05, 0.1) is 5.60 Å². The summed E-state index contributed by atoms with van der Waals surface area (Å²) in [6.45, 7) is 2.01. The van der Waals surface area contributed by atoms with Gasteiger partial charge in [0, 0.05) is 10.2 Å². The van der Waals surface area contributed by atoms with Gasteiger partial charge in [-0.05, 0) is 48.1 Å². The predicted octanol–water partition coefficient (Wildman–Crippen LogP) is 2.62. The number of hydrogen-bond donors (Lipinski definition) is 1. The second-order valence-electron chi connectivity index (χ2n) is 6.55. The van der Waals surface area contributed by atoms with Gasteiger partial charge in [0.25, 0.3) is 0 Å². The fourth-order valence-corrected chi connectivity index (χ4v) is 4.06. The first-order chi connectivity index (χ1) is 9.57. The van der Waals surface area contributed by atoms with E-state index in [-0.39, 0.29) is 0 Å². The molecule has 0 amide bonds. The third-order valence-electron chi connectivity index (χ3n) is 4.98. The van der Waals surface area contributed by atoms with Gasteiger partial charge in [0.15, 0.2) is 0 Å². The zero-order chi connectivity index (χ0) is 14.2. The standard InChI is InChI=1S/C18H24OSi/c1-18(19,15-5-3-2-4-6-15)16-9-7-14-12-17(20)10-8-13(14)11-16/h7-12,15,19H,2-6H2,1,20H3. The molecular formula is C18H24OSi. The van der Waals surface area contributed by atoms with Crippen LogP contribution in [-0.2, 0) is 5.60 Å². The van der Waals surface area contributed by atoms with Crippen molar-refractivity contribution in [2.75, 3.05) is 0 Å². The lowest BCUT2D eigenvalue weighted by Gasteiger charge is -2.36. The van der Waals surface area contributed by atoms with Crippen LogP contribution in [0.15, 0.2) is 36.4 Å². The van der Waals surface area contributed by atoms with Crippen LogP contribution in [0.25, 0.3) is 10.8 Å². The molecule has 3 rings (SSSR count). The molecule has 2 aromatic carbocycles. The minimum atomic E-state index is -0.686. The summed E-state index contributed by atoms with van der Waals surface area (Å²) in [4.78, 5) is 0. The summed E-state index contributed by atoms with van der Waals surface area (Å²) in [7, 11) is 1.09. The van der Waals surface area contributed by atoms with Crippen molar-refractivity contribution >= 4 is 26.2 Å². The summed E-state index contributed by atoms with van der Waals surface area (Å²) in [6.07, 6.45) is 6.17. The zero-order valence-electron chi connectivity index (χ0n) is 12.5. The first-order valence-electron chi connectivity index (χ1n) is 7.80. The molecule has 20 heavy (non-hydrogen) atoms. The van der Waals surface area contributed by atoms with Gasteiger partial charge in [0.1, 0.15) is 0 Å². The van der Waals surface area contributed by atoms with Gasteiger partial charge in [-0.3, -0.25) is 0 Å². The molecule has 0 saturated heterocycles. The van der Waals surface area contributed by atoms with E-state index in [0.717, 1.165) is 28.6 Å². The van der Waals surface area contributed by atoms with E-state index in [1.165, 1.54) is 35.2 Å². The Morgan fingerprint density at radius 1 is 1.00 bits per heavy atom. The molecule has 1 unspecified atom stereocenters. The normalized spacial score (nSPS) is 20.1. The summed E-state index contributed by atoms with van der Waals surface area (Å²) >= 11 is 0. The quantitative estimate of drug-likeness (QED) is 0.841. The molecule has 1 nitrogen and oxygen atoms in total. The van der Waals surface area contributed by atoms with Gasteiger partial charge >= 0.3 is 0 Å². The number of benzene rings is 2. The Labute approximate surface area is 124 Å². The van der Waals surface area contributed by atoms with Crippen LogP contribution < -0.4 is 5.19 Å². The SMILES string of the molecule is CC(O)(c1ccc2cc([SiH3])ccc2c1)C1CCCCC1. The molecule has 0 heterocycles. The van der Waals surface area contributed by atoms with E-state index in [9.17, 15) is 5.11 Å². The summed E-state index contributed by atoms with van der Waals surface area (Å²) in [6, 6.07) is 13.1. The molecule has 0 aromatic heterocycles.